The molecule has 0 aliphatic heterocycles. The number of hydrogen-bond acceptors (Lipinski definition) is 4. The van der Waals surface area contributed by atoms with E-state index in [9.17, 15) is 13.5 Å². The van der Waals surface area contributed by atoms with Gasteiger partial charge in [0.2, 0.25) is 0 Å². The smallest absolute Gasteiger partial charge is 0.179 e. The summed E-state index contributed by atoms with van der Waals surface area (Å²) in [7, 11) is -3.28. The van der Waals surface area contributed by atoms with Gasteiger partial charge in [0.1, 0.15) is 0 Å². The Labute approximate surface area is 131 Å². The first-order valence-electron chi connectivity index (χ1n) is 7.30. The van der Waals surface area contributed by atoms with Crippen molar-refractivity contribution < 1.29 is 13.5 Å². The molecule has 0 heterocycles. The Balaban J connectivity index is 1.96. The van der Waals surface area contributed by atoms with Crippen LogP contribution in [-0.2, 0) is 9.84 Å². The van der Waals surface area contributed by atoms with E-state index in [4.69, 9.17) is 0 Å². The van der Waals surface area contributed by atoms with Crippen LogP contribution in [0.2, 0.25) is 0 Å². The molecule has 0 amide bonds. The Morgan fingerprint density at radius 3 is 2.14 bits per heavy atom. The maximum atomic E-state index is 12.2. The lowest BCUT2D eigenvalue weighted by molar-refractivity contribution is 0.266. The van der Waals surface area contributed by atoms with E-state index in [-0.39, 0.29) is 18.4 Å². The largest absolute Gasteiger partial charge is 0.396 e. The highest BCUT2D eigenvalue weighted by atomic mass is 32.2. The lowest BCUT2D eigenvalue weighted by Gasteiger charge is -2.18. The van der Waals surface area contributed by atoms with Crippen LogP contribution in [0.3, 0.4) is 0 Å². The predicted molar refractivity (Wildman–Crippen MR) is 87.4 cm³/mol. The van der Waals surface area contributed by atoms with Gasteiger partial charge in [-0.05, 0) is 24.1 Å². The Kier molecular flexibility index (Phi) is 6.12. The fourth-order valence-electron chi connectivity index (χ4n) is 2.31. The Morgan fingerprint density at radius 2 is 1.55 bits per heavy atom. The van der Waals surface area contributed by atoms with Gasteiger partial charge in [-0.3, -0.25) is 0 Å². The lowest BCUT2D eigenvalue weighted by Crippen LogP contribution is -2.28. The molecule has 0 aromatic heterocycles. The van der Waals surface area contributed by atoms with Gasteiger partial charge in [0.05, 0.1) is 10.6 Å². The molecular formula is C17H21NO3S. The van der Waals surface area contributed by atoms with Crippen molar-refractivity contribution in [1.82, 2.24) is 5.32 Å². The molecule has 2 aromatic carbocycles. The molecule has 0 radical (unpaired) electrons. The quantitative estimate of drug-likeness (QED) is 0.782. The Hall–Kier alpha value is -1.69. The average Bonchev–Trinajstić information content (AvgIpc) is 2.55. The molecule has 1 atom stereocenters. The summed E-state index contributed by atoms with van der Waals surface area (Å²) in [4.78, 5) is 0.343. The predicted octanol–water partition coefficient (Wildman–Crippen LogP) is 2.17. The number of aliphatic hydroxyl groups is 1. The molecule has 22 heavy (non-hydrogen) atoms. The highest BCUT2D eigenvalue weighted by Gasteiger charge is 2.15. The minimum absolute atomic E-state index is 0.0335. The van der Waals surface area contributed by atoms with Crippen molar-refractivity contribution in [2.24, 2.45) is 0 Å². The second-order valence-electron chi connectivity index (χ2n) is 5.06. The van der Waals surface area contributed by atoms with Crippen LogP contribution in [0.25, 0.3) is 0 Å². The molecule has 0 fully saturated rings. The summed E-state index contributed by atoms with van der Waals surface area (Å²) in [6.07, 6.45) is 0.551. The molecule has 118 valence electrons. The van der Waals surface area contributed by atoms with Gasteiger partial charge >= 0.3 is 0 Å². The van der Waals surface area contributed by atoms with E-state index in [1.54, 1.807) is 30.3 Å². The van der Waals surface area contributed by atoms with Crippen LogP contribution in [0.15, 0.2) is 65.6 Å². The van der Waals surface area contributed by atoms with Gasteiger partial charge in [0.15, 0.2) is 9.84 Å². The molecule has 0 spiro atoms. The molecule has 0 aliphatic rings. The molecule has 0 saturated heterocycles. The first-order valence-corrected chi connectivity index (χ1v) is 8.96. The van der Waals surface area contributed by atoms with Crippen molar-refractivity contribution in [2.45, 2.75) is 17.4 Å². The molecule has 1 unspecified atom stereocenters. The summed E-state index contributed by atoms with van der Waals surface area (Å²) in [6.45, 7) is 0.398. The van der Waals surface area contributed by atoms with Crippen molar-refractivity contribution >= 4 is 9.84 Å². The van der Waals surface area contributed by atoms with Crippen molar-refractivity contribution in [3.63, 3.8) is 0 Å². The van der Waals surface area contributed by atoms with Crippen molar-refractivity contribution in [2.75, 3.05) is 18.9 Å². The third-order valence-electron chi connectivity index (χ3n) is 3.48. The number of sulfone groups is 1. The molecule has 0 saturated carbocycles. The highest BCUT2D eigenvalue weighted by molar-refractivity contribution is 7.91. The number of nitrogens with one attached hydrogen (secondary N) is 1. The number of hydrogen-bond donors (Lipinski definition) is 2. The van der Waals surface area contributed by atoms with Gasteiger partial charge in [-0.2, -0.15) is 0 Å². The maximum absolute atomic E-state index is 12.2. The van der Waals surface area contributed by atoms with Gasteiger partial charge in [-0.25, -0.2) is 8.42 Å². The van der Waals surface area contributed by atoms with Crippen LogP contribution in [-0.4, -0.2) is 32.4 Å². The average molecular weight is 319 g/mol. The van der Waals surface area contributed by atoms with E-state index < -0.39 is 9.84 Å². The monoisotopic (exact) mass is 319 g/mol. The first-order chi connectivity index (χ1) is 10.6. The number of rotatable bonds is 8. The van der Waals surface area contributed by atoms with Crippen LogP contribution >= 0.6 is 0 Å². The Morgan fingerprint density at radius 1 is 0.955 bits per heavy atom. The zero-order valence-electron chi connectivity index (χ0n) is 12.4. The molecule has 4 nitrogen and oxygen atoms in total. The Bertz CT molecular complexity index is 657. The minimum Gasteiger partial charge on any atom is -0.396 e. The third kappa shape index (κ3) is 4.66. The van der Waals surface area contributed by atoms with Crippen LogP contribution in [0, 0.1) is 0 Å². The number of benzene rings is 2. The second-order valence-corrected chi connectivity index (χ2v) is 7.17. The van der Waals surface area contributed by atoms with Gasteiger partial charge in [-0.15, -0.1) is 0 Å². The van der Waals surface area contributed by atoms with Gasteiger partial charge < -0.3 is 10.4 Å². The van der Waals surface area contributed by atoms with Gasteiger partial charge in [0.25, 0.3) is 0 Å². The van der Waals surface area contributed by atoms with E-state index in [2.05, 4.69) is 5.32 Å². The molecule has 0 aliphatic carbocycles. The SMILES string of the molecule is O=S(=O)(CCNC(CCO)c1ccccc1)c1ccccc1. The lowest BCUT2D eigenvalue weighted by atomic mass is 10.0. The summed E-state index contributed by atoms with van der Waals surface area (Å²) in [5, 5.41) is 12.4. The zero-order valence-corrected chi connectivity index (χ0v) is 13.2. The fraction of sp³-hybridized carbons (Fsp3) is 0.294. The summed E-state index contributed by atoms with van der Waals surface area (Å²) in [6, 6.07) is 18.1. The molecule has 2 rings (SSSR count). The van der Waals surface area contributed by atoms with Crippen LogP contribution in [0.4, 0.5) is 0 Å². The maximum Gasteiger partial charge on any atom is 0.179 e. The van der Waals surface area contributed by atoms with Crippen molar-refractivity contribution in [3.8, 4) is 0 Å². The summed E-state index contributed by atoms with van der Waals surface area (Å²) < 4.78 is 24.4. The standard InChI is InChI=1S/C17H21NO3S/c19-13-11-17(15-7-3-1-4-8-15)18-12-14-22(20,21)16-9-5-2-6-10-16/h1-10,17-19H,11-14H2. The molecule has 2 N–H and O–H groups in total. The topological polar surface area (TPSA) is 66.4 Å². The van der Waals surface area contributed by atoms with Gasteiger partial charge in [0, 0.05) is 19.2 Å². The van der Waals surface area contributed by atoms with E-state index in [1.807, 2.05) is 30.3 Å². The van der Waals surface area contributed by atoms with Crippen molar-refractivity contribution in [1.29, 1.82) is 0 Å². The van der Waals surface area contributed by atoms with Crippen molar-refractivity contribution in [3.05, 3.63) is 66.2 Å². The fourth-order valence-corrected chi connectivity index (χ4v) is 3.51. The van der Waals surface area contributed by atoms with Crippen LogP contribution < -0.4 is 5.32 Å². The highest BCUT2D eigenvalue weighted by Crippen LogP contribution is 2.16. The van der Waals surface area contributed by atoms with Crippen LogP contribution in [0.1, 0.15) is 18.0 Å². The van der Waals surface area contributed by atoms with E-state index in [0.29, 0.717) is 17.9 Å². The molecule has 5 heteroatoms. The van der Waals surface area contributed by atoms with E-state index in [1.165, 1.54) is 0 Å². The third-order valence-corrected chi connectivity index (χ3v) is 5.22. The molecular weight excluding hydrogens is 298 g/mol. The zero-order chi connectivity index (χ0) is 15.8. The van der Waals surface area contributed by atoms with Gasteiger partial charge in [-0.1, -0.05) is 48.5 Å². The minimum atomic E-state index is -3.28. The summed E-state index contributed by atoms with van der Waals surface area (Å²) in [5.74, 6) is 0.0335. The second kappa shape index (κ2) is 8.08. The first kappa shape index (κ1) is 16.7. The molecule has 2 aromatic rings. The van der Waals surface area contributed by atoms with E-state index in [0.717, 1.165) is 5.56 Å². The van der Waals surface area contributed by atoms with Crippen LogP contribution in [0.5, 0.6) is 0 Å². The summed E-state index contributed by atoms with van der Waals surface area (Å²) >= 11 is 0. The number of aliphatic hydroxyl groups excluding tert-OH is 1. The molecule has 0 bridgehead atoms. The summed E-state index contributed by atoms with van der Waals surface area (Å²) in [5.41, 5.74) is 1.05. The normalized spacial score (nSPS) is 13.0. The van der Waals surface area contributed by atoms with E-state index >= 15 is 0 Å².